The van der Waals surface area contributed by atoms with E-state index in [1.165, 1.54) is 17.9 Å². The average molecular weight is 291 g/mol. The number of thioether (sulfide) groups is 1. The number of rotatable bonds is 5. The average Bonchev–Trinajstić information content (AvgIpc) is 3.00. The van der Waals surface area contributed by atoms with Gasteiger partial charge in [-0.05, 0) is 37.4 Å². The van der Waals surface area contributed by atoms with Crippen LogP contribution in [0.15, 0.2) is 24.3 Å². The molecule has 1 aliphatic heterocycles. The van der Waals surface area contributed by atoms with Gasteiger partial charge < -0.3 is 9.84 Å². The van der Waals surface area contributed by atoms with Gasteiger partial charge in [0.2, 0.25) is 0 Å². The van der Waals surface area contributed by atoms with Crippen molar-refractivity contribution in [2.45, 2.75) is 12.5 Å². The van der Waals surface area contributed by atoms with Crippen molar-refractivity contribution < 1.29 is 9.84 Å². The summed E-state index contributed by atoms with van der Waals surface area (Å²) < 4.78 is 5.78. The Morgan fingerprint density at radius 2 is 2.40 bits per heavy atom. The lowest BCUT2D eigenvalue weighted by Crippen LogP contribution is -2.34. The fraction of sp³-hybridized carbons (Fsp3) is 0.500. The van der Waals surface area contributed by atoms with E-state index in [2.05, 4.69) is 23.8 Å². The minimum atomic E-state index is -0.116. The van der Waals surface area contributed by atoms with Gasteiger partial charge >= 0.3 is 0 Å². The number of likely N-dealkylation sites (N-methyl/N-ethyl adjacent to an activating group) is 1. The first-order valence-electron chi connectivity index (χ1n) is 6.90. The van der Waals surface area contributed by atoms with Crippen LogP contribution >= 0.6 is 11.8 Å². The zero-order valence-electron chi connectivity index (χ0n) is 11.8. The van der Waals surface area contributed by atoms with Crippen LogP contribution in [0.25, 0.3) is 0 Å². The van der Waals surface area contributed by atoms with Crippen LogP contribution in [-0.4, -0.2) is 54.4 Å². The molecule has 0 spiro atoms. The van der Waals surface area contributed by atoms with Gasteiger partial charge in [-0.25, -0.2) is 0 Å². The smallest absolute Gasteiger partial charge is 0.120 e. The molecule has 0 bridgehead atoms. The molecule has 1 heterocycles. The normalized spacial score (nSPS) is 17.9. The van der Waals surface area contributed by atoms with Crippen LogP contribution in [0.1, 0.15) is 12.0 Å². The third-order valence-corrected chi connectivity index (χ3v) is 4.53. The topological polar surface area (TPSA) is 32.7 Å². The summed E-state index contributed by atoms with van der Waals surface area (Å²) in [6.45, 7) is 1.52. The zero-order chi connectivity index (χ0) is 14.2. The summed E-state index contributed by atoms with van der Waals surface area (Å²) in [7, 11) is 2.17. The summed E-state index contributed by atoms with van der Waals surface area (Å²) in [6, 6.07) is 8.39. The first-order valence-corrected chi connectivity index (χ1v) is 8.05. The van der Waals surface area contributed by atoms with Crippen molar-refractivity contribution in [1.29, 1.82) is 0 Å². The molecule has 1 unspecified atom stereocenters. The van der Waals surface area contributed by atoms with Gasteiger partial charge in [-0.15, -0.1) is 0 Å². The molecule has 1 saturated heterocycles. The Balaban J connectivity index is 1.78. The van der Waals surface area contributed by atoms with Gasteiger partial charge in [0, 0.05) is 23.9 Å². The third-order valence-electron chi connectivity index (χ3n) is 3.39. The number of hydrogen-bond acceptors (Lipinski definition) is 4. The Morgan fingerprint density at radius 3 is 3.15 bits per heavy atom. The molecular weight excluding hydrogens is 270 g/mol. The number of ether oxygens (including phenoxy) is 1. The molecule has 4 heteroatoms. The van der Waals surface area contributed by atoms with Gasteiger partial charge in [-0.3, -0.25) is 4.90 Å². The van der Waals surface area contributed by atoms with E-state index in [9.17, 15) is 0 Å². The van der Waals surface area contributed by atoms with Gasteiger partial charge in [-0.1, -0.05) is 17.9 Å². The fourth-order valence-corrected chi connectivity index (χ4v) is 3.46. The van der Waals surface area contributed by atoms with E-state index >= 15 is 0 Å². The second kappa shape index (κ2) is 8.21. The molecule has 108 valence electrons. The Kier molecular flexibility index (Phi) is 6.25. The second-order valence-corrected chi connectivity index (χ2v) is 5.98. The van der Waals surface area contributed by atoms with Crippen molar-refractivity contribution in [2.24, 2.45) is 0 Å². The Hall–Kier alpha value is -1.15. The second-order valence-electron chi connectivity index (χ2n) is 4.83. The van der Waals surface area contributed by atoms with Crippen LogP contribution in [0.2, 0.25) is 0 Å². The first-order chi connectivity index (χ1) is 9.79. The molecule has 1 aromatic rings. The fourth-order valence-electron chi connectivity index (χ4n) is 2.16. The summed E-state index contributed by atoms with van der Waals surface area (Å²) in [6.07, 6.45) is 1.29. The van der Waals surface area contributed by atoms with E-state index in [0.717, 1.165) is 17.9 Å². The minimum absolute atomic E-state index is 0.116. The van der Waals surface area contributed by atoms with Gasteiger partial charge in [0.15, 0.2) is 0 Å². The van der Waals surface area contributed by atoms with E-state index < -0.39 is 0 Å². The molecule has 1 N–H and O–H groups in total. The van der Waals surface area contributed by atoms with Crippen molar-refractivity contribution in [1.82, 2.24) is 4.90 Å². The maximum atomic E-state index is 8.69. The lowest BCUT2D eigenvalue weighted by molar-refractivity contribution is 0.202. The maximum Gasteiger partial charge on any atom is 0.120 e. The SMILES string of the molecule is CN(CCOc1cccc(C#CCO)c1)C1CCSC1. The van der Waals surface area contributed by atoms with Crippen LogP contribution < -0.4 is 4.74 Å². The zero-order valence-corrected chi connectivity index (χ0v) is 12.7. The highest BCUT2D eigenvalue weighted by Gasteiger charge is 2.19. The van der Waals surface area contributed by atoms with Gasteiger partial charge in [0.1, 0.15) is 19.0 Å². The van der Waals surface area contributed by atoms with Crippen LogP contribution in [-0.2, 0) is 0 Å². The highest BCUT2D eigenvalue weighted by Crippen LogP contribution is 2.21. The van der Waals surface area contributed by atoms with Crippen molar-refractivity contribution in [3.63, 3.8) is 0 Å². The molecule has 1 fully saturated rings. The van der Waals surface area contributed by atoms with Gasteiger partial charge in [0.05, 0.1) is 0 Å². The highest BCUT2D eigenvalue weighted by atomic mass is 32.2. The number of nitrogens with zero attached hydrogens (tertiary/aromatic N) is 1. The summed E-state index contributed by atoms with van der Waals surface area (Å²) in [4.78, 5) is 2.38. The van der Waals surface area contributed by atoms with Gasteiger partial charge in [-0.2, -0.15) is 11.8 Å². The monoisotopic (exact) mass is 291 g/mol. The Morgan fingerprint density at radius 1 is 1.50 bits per heavy atom. The molecule has 0 radical (unpaired) electrons. The number of benzene rings is 1. The van der Waals surface area contributed by atoms with E-state index in [-0.39, 0.29) is 6.61 Å². The van der Waals surface area contributed by atoms with Crippen LogP contribution in [0.5, 0.6) is 5.75 Å². The molecule has 0 amide bonds. The van der Waals surface area contributed by atoms with Gasteiger partial charge in [0.25, 0.3) is 0 Å². The lowest BCUT2D eigenvalue weighted by atomic mass is 10.2. The van der Waals surface area contributed by atoms with E-state index in [1.807, 2.05) is 36.0 Å². The molecule has 0 aliphatic carbocycles. The lowest BCUT2D eigenvalue weighted by Gasteiger charge is -2.23. The number of hydrogen-bond donors (Lipinski definition) is 1. The molecule has 1 aliphatic rings. The summed E-state index contributed by atoms with van der Waals surface area (Å²) in [5, 5.41) is 8.69. The van der Waals surface area contributed by atoms with Crippen molar-refractivity contribution >= 4 is 11.8 Å². The largest absolute Gasteiger partial charge is 0.492 e. The molecule has 2 rings (SSSR count). The molecule has 3 nitrogen and oxygen atoms in total. The van der Waals surface area contributed by atoms with Crippen LogP contribution in [0.4, 0.5) is 0 Å². The predicted octanol–water partition coefficient (Wildman–Crippen LogP) is 1.85. The molecule has 0 saturated carbocycles. The predicted molar refractivity (Wildman–Crippen MR) is 84.3 cm³/mol. The van der Waals surface area contributed by atoms with Crippen LogP contribution in [0, 0.1) is 11.8 Å². The third kappa shape index (κ3) is 4.75. The summed E-state index contributed by atoms with van der Waals surface area (Å²) in [5.74, 6) is 8.88. The Bertz CT molecular complexity index is 475. The van der Waals surface area contributed by atoms with E-state index in [1.54, 1.807) is 0 Å². The molecule has 1 aromatic carbocycles. The molecule has 20 heavy (non-hydrogen) atoms. The number of aliphatic hydroxyl groups excluding tert-OH is 1. The molecular formula is C16H21NO2S. The number of aliphatic hydroxyl groups is 1. The summed E-state index contributed by atoms with van der Waals surface area (Å²) >= 11 is 2.03. The molecule has 0 aromatic heterocycles. The molecule has 1 atom stereocenters. The Labute approximate surface area is 125 Å². The van der Waals surface area contributed by atoms with Crippen molar-refractivity contribution in [3.05, 3.63) is 29.8 Å². The van der Waals surface area contributed by atoms with Crippen LogP contribution in [0.3, 0.4) is 0 Å². The van der Waals surface area contributed by atoms with Crippen molar-refractivity contribution in [3.8, 4) is 17.6 Å². The quantitative estimate of drug-likeness (QED) is 0.839. The first kappa shape index (κ1) is 15.2. The van der Waals surface area contributed by atoms with Crippen molar-refractivity contribution in [2.75, 3.05) is 38.3 Å². The maximum absolute atomic E-state index is 8.69. The highest BCUT2D eigenvalue weighted by molar-refractivity contribution is 7.99. The van der Waals surface area contributed by atoms with E-state index in [0.29, 0.717) is 12.6 Å². The summed E-state index contributed by atoms with van der Waals surface area (Å²) in [5.41, 5.74) is 0.872. The minimum Gasteiger partial charge on any atom is -0.492 e. The standard InChI is InChI=1S/C16H21NO2S/c1-17(15-7-11-20-13-15)8-10-19-16-6-2-4-14(12-16)5-3-9-18/h2,4,6,12,15,18H,7-11,13H2,1H3. The van der Waals surface area contributed by atoms with E-state index in [4.69, 9.17) is 9.84 Å².